The Balaban J connectivity index is 1.45. The van der Waals surface area contributed by atoms with E-state index in [2.05, 4.69) is 35.0 Å². The van der Waals surface area contributed by atoms with Crippen LogP contribution >= 0.6 is 0 Å². The minimum absolute atomic E-state index is 0.0681. The number of nitrogens with zero attached hydrogens (tertiary/aromatic N) is 3. The van der Waals surface area contributed by atoms with E-state index in [1.54, 1.807) is 0 Å². The first-order valence-electron chi connectivity index (χ1n) is 10.7. The van der Waals surface area contributed by atoms with Crippen molar-refractivity contribution < 1.29 is 4.79 Å². The van der Waals surface area contributed by atoms with Gasteiger partial charge < -0.3 is 5.32 Å². The first-order valence-corrected chi connectivity index (χ1v) is 10.7. The van der Waals surface area contributed by atoms with Crippen LogP contribution in [0.5, 0.6) is 0 Å². The Bertz CT molecular complexity index is 688. The number of benzene rings is 1. The second kappa shape index (κ2) is 9.54. The fourth-order valence-corrected chi connectivity index (χ4v) is 4.51. The standard InChI is InChI=1S/C23H34N4O/c1-17-5-4-6-22(18(17)2)25-23(28)19(3)27-13-11-26(12-14-27)16-21-9-7-20(15-24)8-10-21/h7-10,17-19,22H,4-6,11-14,16H2,1-3H3,(H,25,28)/t17-,18-,19-,22+/m1/s1. The zero-order chi connectivity index (χ0) is 20.1. The number of hydrogen-bond acceptors (Lipinski definition) is 4. The monoisotopic (exact) mass is 382 g/mol. The van der Waals surface area contributed by atoms with Crippen molar-refractivity contribution in [1.82, 2.24) is 15.1 Å². The van der Waals surface area contributed by atoms with Gasteiger partial charge in [-0.05, 0) is 42.9 Å². The Morgan fingerprint density at radius 3 is 2.50 bits per heavy atom. The molecule has 3 rings (SSSR count). The van der Waals surface area contributed by atoms with Crippen molar-refractivity contribution in [2.24, 2.45) is 11.8 Å². The van der Waals surface area contributed by atoms with E-state index < -0.39 is 0 Å². The van der Waals surface area contributed by atoms with Gasteiger partial charge in [-0.15, -0.1) is 0 Å². The highest BCUT2D eigenvalue weighted by Gasteiger charge is 2.31. The SMILES string of the molecule is C[C@@H]1[C@H](C)CCC[C@@H]1NC(=O)[C@@H](C)N1CCN(Cc2ccc(C#N)cc2)CC1. The van der Waals surface area contributed by atoms with Crippen LogP contribution in [0.15, 0.2) is 24.3 Å². The van der Waals surface area contributed by atoms with Crippen molar-refractivity contribution >= 4 is 5.91 Å². The van der Waals surface area contributed by atoms with Crippen LogP contribution in [-0.4, -0.2) is 54.0 Å². The third-order valence-corrected chi connectivity index (χ3v) is 6.86. The van der Waals surface area contributed by atoms with Crippen LogP contribution < -0.4 is 5.32 Å². The maximum Gasteiger partial charge on any atom is 0.237 e. The molecule has 0 unspecified atom stereocenters. The predicted molar refractivity (Wildman–Crippen MR) is 112 cm³/mol. The number of carbonyl (C=O) groups is 1. The van der Waals surface area contributed by atoms with Crippen molar-refractivity contribution in [1.29, 1.82) is 5.26 Å². The van der Waals surface area contributed by atoms with Crippen molar-refractivity contribution in [3.8, 4) is 6.07 Å². The summed E-state index contributed by atoms with van der Waals surface area (Å²) in [5.74, 6) is 1.45. The highest BCUT2D eigenvalue weighted by molar-refractivity contribution is 5.81. The van der Waals surface area contributed by atoms with Crippen molar-refractivity contribution in [3.05, 3.63) is 35.4 Å². The lowest BCUT2D eigenvalue weighted by molar-refractivity contribution is -0.128. The zero-order valence-corrected chi connectivity index (χ0v) is 17.5. The van der Waals surface area contributed by atoms with Gasteiger partial charge in [0.15, 0.2) is 0 Å². The normalized spacial score (nSPS) is 27.7. The molecule has 0 spiro atoms. The van der Waals surface area contributed by atoms with Gasteiger partial charge in [0, 0.05) is 38.8 Å². The van der Waals surface area contributed by atoms with Gasteiger partial charge in [-0.1, -0.05) is 38.8 Å². The molecule has 1 aliphatic heterocycles. The highest BCUT2D eigenvalue weighted by Crippen LogP contribution is 2.29. The number of carbonyl (C=O) groups excluding carboxylic acids is 1. The molecule has 0 radical (unpaired) electrons. The molecular formula is C23H34N4O. The molecule has 1 aromatic carbocycles. The Hall–Kier alpha value is -1.90. The van der Waals surface area contributed by atoms with Gasteiger partial charge >= 0.3 is 0 Å². The number of nitrogens with one attached hydrogen (secondary N) is 1. The zero-order valence-electron chi connectivity index (χ0n) is 17.5. The number of rotatable bonds is 5. The van der Waals surface area contributed by atoms with Crippen molar-refractivity contribution in [2.45, 2.75) is 58.7 Å². The average molecular weight is 383 g/mol. The minimum Gasteiger partial charge on any atom is -0.352 e. The molecule has 1 aromatic rings. The highest BCUT2D eigenvalue weighted by atomic mass is 16.2. The lowest BCUT2D eigenvalue weighted by Crippen LogP contribution is -2.56. The molecule has 1 saturated carbocycles. The van der Waals surface area contributed by atoms with E-state index in [0.29, 0.717) is 23.4 Å². The van der Waals surface area contributed by atoms with Crippen molar-refractivity contribution in [2.75, 3.05) is 26.2 Å². The Kier molecular flexibility index (Phi) is 7.09. The van der Waals surface area contributed by atoms with Gasteiger partial charge in [-0.2, -0.15) is 5.26 Å². The summed E-state index contributed by atoms with van der Waals surface area (Å²) in [6.07, 6.45) is 3.62. The molecule has 152 valence electrons. The number of amides is 1. The molecule has 0 aromatic heterocycles. The number of nitriles is 1. The molecule has 1 heterocycles. The first kappa shape index (κ1) is 20.8. The largest absolute Gasteiger partial charge is 0.352 e. The second-order valence-electron chi connectivity index (χ2n) is 8.68. The number of hydrogen-bond donors (Lipinski definition) is 1. The summed E-state index contributed by atoms with van der Waals surface area (Å²) < 4.78 is 0. The lowest BCUT2D eigenvalue weighted by atomic mass is 9.78. The number of piperazine rings is 1. The summed E-state index contributed by atoms with van der Waals surface area (Å²) in [7, 11) is 0. The molecule has 1 amide bonds. The summed E-state index contributed by atoms with van der Waals surface area (Å²) >= 11 is 0. The summed E-state index contributed by atoms with van der Waals surface area (Å²) in [5.41, 5.74) is 1.94. The molecule has 28 heavy (non-hydrogen) atoms. The lowest BCUT2D eigenvalue weighted by Gasteiger charge is -2.39. The van der Waals surface area contributed by atoms with Gasteiger partial charge in [-0.3, -0.25) is 14.6 Å². The third-order valence-electron chi connectivity index (χ3n) is 6.86. The Morgan fingerprint density at radius 2 is 1.86 bits per heavy atom. The van der Waals surface area contributed by atoms with Crippen LogP contribution in [0.2, 0.25) is 0 Å². The van der Waals surface area contributed by atoms with Gasteiger partial charge in [0.2, 0.25) is 5.91 Å². The van der Waals surface area contributed by atoms with Gasteiger partial charge in [0.1, 0.15) is 0 Å². The summed E-state index contributed by atoms with van der Waals surface area (Å²) in [6, 6.07) is 10.3. The van der Waals surface area contributed by atoms with Crippen LogP contribution in [0.1, 0.15) is 51.2 Å². The van der Waals surface area contributed by atoms with Gasteiger partial charge in [-0.25, -0.2) is 0 Å². The average Bonchev–Trinajstić information content (AvgIpc) is 2.72. The fraction of sp³-hybridized carbons (Fsp3) is 0.652. The Morgan fingerprint density at radius 1 is 1.18 bits per heavy atom. The molecule has 2 aliphatic rings. The van der Waals surface area contributed by atoms with E-state index in [1.807, 2.05) is 31.2 Å². The van der Waals surface area contributed by atoms with Crippen LogP contribution in [-0.2, 0) is 11.3 Å². The first-order chi connectivity index (χ1) is 13.5. The van der Waals surface area contributed by atoms with Crippen LogP contribution in [0.25, 0.3) is 0 Å². The van der Waals surface area contributed by atoms with Crippen LogP contribution in [0.4, 0.5) is 0 Å². The fourth-order valence-electron chi connectivity index (χ4n) is 4.51. The molecule has 5 heteroatoms. The van der Waals surface area contributed by atoms with Crippen LogP contribution in [0, 0.1) is 23.2 Å². The minimum atomic E-state index is -0.0681. The molecule has 0 bridgehead atoms. The quantitative estimate of drug-likeness (QED) is 0.850. The topological polar surface area (TPSA) is 59.4 Å². The molecule has 5 nitrogen and oxygen atoms in total. The molecule has 1 saturated heterocycles. The smallest absolute Gasteiger partial charge is 0.237 e. The van der Waals surface area contributed by atoms with E-state index >= 15 is 0 Å². The molecule has 2 fully saturated rings. The summed E-state index contributed by atoms with van der Waals surface area (Å²) in [5, 5.41) is 12.2. The van der Waals surface area contributed by atoms with E-state index in [1.165, 1.54) is 18.4 Å². The molecule has 1 N–H and O–H groups in total. The third kappa shape index (κ3) is 5.12. The summed E-state index contributed by atoms with van der Waals surface area (Å²) in [6.45, 7) is 11.3. The van der Waals surface area contributed by atoms with E-state index in [9.17, 15) is 4.79 Å². The second-order valence-corrected chi connectivity index (χ2v) is 8.68. The van der Waals surface area contributed by atoms with Crippen LogP contribution in [0.3, 0.4) is 0 Å². The van der Waals surface area contributed by atoms with E-state index in [-0.39, 0.29) is 11.9 Å². The molecule has 4 atom stereocenters. The van der Waals surface area contributed by atoms with E-state index in [0.717, 1.165) is 39.1 Å². The molecular weight excluding hydrogens is 348 g/mol. The maximum atomic E-state index is 12.8. The van der Waals surface area contributed by atoms with Gasteiger partial charge in [0.25, 0.3) is 0 Å². The van der Waals surface area contributed by atoms with E-state index in [4.69, 9.17) is 5.26 Å². The maximum absolute atomic E-state index is 12.8. The Labute approximate surface area is 169 Å². The molecule has 1 aliphatic carbocycles. The predicted octanol–water partition coefficient (Wildman–Crippen LogP) is 3.01. The summed E-state index contributed by atoms with van der Waals surface area (Å²) in [4.78, 5) is 17.5. The van der Waals surface area contributed by atoms with Crippen molar-refractivity contribution in [3.63, 3.8) is 0 Å². The van der Waals surface area contributed by atoms with Gasteiger partial charge in [0.05, 0.1) is 17.7 Å².